The summed E-state index contributed by atoms with van der Waals surface area (Å²) in [5.74, 6) is 0.732. The Labute approximate surface area is 118 Å². The summed E-state index contributed by atoms with van der Waals surface area (Å²) in [4.78, 5) is 2.87. The van der Waals surface area contributed by atoms with Gasteiger partial charge in [0.25, 0.3) is 0 Å². The minimum absolute atomic E-state index is 0.512. The van der Waals surface area contributed by atoms with Gasteiger partial charge in [-0.3, -0.25) is 0 Å². The molecule has 3 heteroatoms. The average Bonchev–Trinajstić information content (AvgIpc) is 2.64. The lowest BCUT2D eigenvalue weighted by molar-refractivity contribution is 0.345. The van der Waals surface area contributed by atoms with Crippen molar-refractivity contribution >= 4 is 27.3 Å². The summed E-state index contributed by atoms with van der Waals surface area (Å²) >= 11 is 5.63. The number of hydrogen-bond donors (Lipinski definition) is 1. The number of nitrogens with one attached hydrogen (secondary N) is 1. The molecule has 0 amide bonds. The van der Waals surface area contributed by atoms with Crippen LogP contribution >= 0.6 is 27.3 Å². The van der Waals surface area contributed by atoms with E-state index in [1.54, 1.807) is 0 Å². The molecule has 1 unspecified atom stereocenters. The normalized spacial score (nSPS) is 13.3. The van der Waals surface area contributed by atoms with Gasteiger partial charge in [-0.15, -0.1) is 11.3 Å². The summed E-state index contributed by atoms with van der Waals surface area (Å²) in [7, 11) is 0. The summed E-state index contributed by atoms with van der Waals surface area (Å²) < 4.78 is 1.28. The fourth-order valence-corrected chi connectivity index (χ4v) is 4.31. The minimum Gasteiger partial charge on any atom is -0.309 e. The molecule has 0 aliphatic heterocycles. The van der Waals surface area contributed by atoms with Crippen molar-refractivity contribution in [2.45, 2.75) is 53.0 Å². The molecule has 1 nitrogen and oxygen atoms in total. The Morgan fingerprint density at radius 2 is 1.94 bits per heavy atom. The lowest BCUT2D eigenvalue weighted by Gasteiger charge is -2.26. The Morgan fingerprint density at radius 3 is 2.35 bits per heavy atom. The first-order valence-electron chi connectivity index (χ1n) is 6.63. The summed E-state index contributed by atoms with van der Waals surface area (Å²) in [5, 5.41) is 3.72. The Morgan fingerprint density at radius 1 is 1.29 bits per heavy atom. The maximum atomic E-state index is 3.72. The standard InChI is InChI=1S/C14H24BrNS/c1-5-8-16-13(11(6-2)7-3)14-12(15)9-10(4)17-14/h9,11,13,16H,5-8H2,1-4H3. The molecular weight excluding hydrogens is 294 g/mol. The number of hydrogen-bond acceptors (Lipinski definition) is 2. The van der Waals surface area contributed by atoms with Gasteiger partial charge in [0.2, 0.25) is 0 Å². The molecule has 1 rings (SSSR count). The van der Waals surface area contributed by atoms with Crippen LogP contribution in [-0.2, 0) is 0 Å². The maximum absolute atomic E-state index is 3.72. The van der Waals surface area contributed by atoms with Crippen LogP contribution in [0.2, 0.25) is 0 Å². The zero-order valence-electron chi connectivity index (χ0n) is 11.3. The second kappa shape index (κ2) is 7.55. The predicted molar refractivity (Wildman–Crippen MR) is 81.9 cm³/mol. The van der Waals surface area contributed by atoms with E-state index in [1.165, 1.54) is 33.5 Å². The highest BCUT2D eigenvalue weighted by Gasteiger charge is 2.23. The van der Waals surface area contributed by atoms with Crippen LogP contribution in [0.5, 0.6) is 0 Å². The van der Waals surface area contributed by atoms with Crippen molar-refractivity contribution < 1.29 is 0 Å². The van der Waals surface area contributed by atoms with Crippen molar-refractivity contribution in [1.82, 2.24) is 5.32 Å². The molecule has 0 fully saturated rings. The maximum Gasteiger partial charge on any atom is 0.0454 e. The quantitative estimate of drug-likeness (QED) is 0.720. The second-order valence-electron chi connectivity index (χ2n) is 4.58. The molecule has 0 aliphatic rings. The third-order valence-corrected chi connectivity index (χ3v) is 5.31. The van der Waals surface area contributed by atoms with E-state index in [0.29, 0.717) is 6.04 Å². The van der Waals surface area contributed by atoms with Crippen molar-refractivity contribution in [3.63, 3.8) is 0 Å². The molecule has 0 bridgehead atoms. The third-order valence-electron chi connectivity index (χ3n) is 3.25. The zero-order chi connectivity index (χ0) is 12.8. The minimum atomic E-state index is 0.512. The van der Waals surface area contributed by atoms with Gasteiger partial charge in [-0.1, -0.05) is 33.6 Å². The van der Waals surface area contributed by atoms with Gasteiger partial charge in [0.1, 0.15) is 0 Å². The van der Waals surface area contributed by atoms with Crippen LogP contribution in [0, 0.1) is 12.8 Å². The van der Waals surface area contributed by atoms with Gasteiger partial charge in [-0.25, -0.2) is 0 Å². The first kappa shape index (κ1) is 15.2. The fourth-order valence-electron chi connectivity index (χ4n) is 2.25. The van der Waals surface area contributed by atoms with Crippen LogP contribution in [0.4, 0.5) is 0 Å². The second-order valence-corrected chi connectivity index (χ2v) is 6.72. The summed E-state index contributed by atoms with van der Waals surface area (Å²) in [6, 6.07) is 2.75. The van der Waals surface area contributed by atoms with E-state index in [0.717, 1.165) is 12.5 Å². The van der Waals surface area contributed by atoms with Crippen molar-refractivity contribution in [2.24, 2.45) is 5.92 Å². The monoisotopic (exact) mass is 317 g/mol. The zero-order valence-corrected chi connectivity index (χ0v) is 13.7. The van der Waals surface area contributed by atoms with Gasteiger partial charge in [0.15, 0.2) is 0 Å². The van der Waals surface area contributed by atoms with Crippen LogP contribution < -0.4 is 5.32 Å². The molecule has 1 aromatic rings. The van der Waals surface area contributed by atoms with E-state index in [-0.39, 0.29) is 0 Å². The smallest absolute Gasteiger partial charge is 0.0454 e. The highest BCUT2D eigenvalue weighted by Crippen LogP contribution is 2.37. The topological polar surface area (TPSA) is 12.0 Å². The van der Waals surface area contributed by atoms with Crippen molar-refractivity contribution in [2.75, 3.05) is 6.54 Å². The van der Waals surface area contributed by atoms with Crippen LogP contribution in [0.25, 0.3) is 0 Å². The van der Waals surface area contributed by atoms with Gasteiger partial charge in [0.05, 0.1) is 0 Å². The average molecular weight is 318 g/mol. The highest BCUT2D eigenvalue weighted by atomic mass is 79.9. The van der Waals surface area contributed by atoms with Crippen LogP contribution in [0.15, 0.2) is 10.5 Å². The molecule has 0 saturated heterocycles. The SMILES string of the molecule is CCCNC(c1sc(C)cc1Br)C(CC)CC. The van der Waals surface area contributed by atoms with E-state index in [4.69, 9.17) is 0 Å². The van der Waals surface area contributed by atoms with Gasteiger partial charge in [-0.05, 0) is 47.8 Å². The summed E-state index contributed by atoms with van der Waals surface area (Å²) in [6.45, 7) is 10.1. The Hall–Kier alpha value is 0.140. The molecule has 0 saturated carbocycles. The van der Waals surface area contributed by atoms with Gasteiger partial charge < -0.3 is 5.32 Å². The molecule has 1 N–H and O–H groups in total. The first-order chi connectivity index (χ1) is 8.13. The summed E-state index contributed by atoms with van der Waals surface area (Å²) in [6.07, 6.45) is 3.67. The lowest BCUT2D eigenvalue weighted by atomic mass is 9.93. The number of halogens is 1. The Balaban J connectivity index is 2.92. The van der Waals surface area contributed by atoms with Gasteiger partial charge in [0, 0.05) is 20.3 Å². The highest BCUT2D eigenvalue weighted by molar-refractivity contribution is 9.10. The Kier molecular flexibility index (Phi) is 6.75. The molecule has 0 radical (unpaired) electrons. The largest absolute Gasteiger partial charge is 0.309 e. The van der Waals surface area contributed by atoms with E-state index in [9.17, 15) is 0 Å². The molecule has 0 aliphatic carbocycles. The number of thiophene rings is 1. The van der Waals surface area contributed by atoms with Crippen LogP contribution in [0.1, 0.15) is 55.8 Å². The van der Waals surface area contributed by atoms with Crippen molar-refractivity contribution in [3.8, 4) is 0 Å². The van der Waals surface area contributed by atoms with E-state index in [1.807, 2.05) is 11.3 Å². The molecule has 0 spiro atoms. The molecule has 1 aromatic heterocycles. The molecule has 17 heavy (non-hydrogen) atoms. The van der Waals surface area contributed by atoms with E-state index in [2.05, 4.69) is 55.0 Å². The van der Waals surface area contributed by atoms with E-state index >= 15 is 0 Å². The molecule has 0 aromatic carbocycles. The molecule has 1 heterocycles. The third kappa shape index (κ3) is 4.08. The van der Waals surface area contributed by atoms with Crippen molar-refractivity contribution in [3.05, 3.63) is 20.3 Å². The van der Waals surface area contributed by atoms with Crippen molar-refractivity contribution in [1.29, 1.82) is 0 Å². The number of rotatable bonds is 7. The van der Waals surface area contributed by atoms with Gasteiger partial charge in [-0.2, -0.15) is 0 Å². The van der Waals surface area contributed by atoms with Crippen LogP contribution in [0.3, 0.4) is 0 Å². The molecule has 1 atom stereocenters. The first-order valence-corrected chi connectivity index (χ1v) is 8.24. The lowest BCUT2D eigenvalue weighted by Crippen LogP contribution is -2.28. The Bertz CT molecular complexity index is 331. The summed E-state index contributed by atoms with van der Waals surface area (Å²) in [5.41, 5.74) is 0. The predicted octanol–water partition coefficient (Wildman–Crippen LogP) is 5.30. The number of aryl methyl sites for hydroxylation is 1. The molecule has 98 valence electrons. The van der Waals surface area contributed by atoms with E-state index < -0.39 is 0 Å². The molecular formula is C14H24BrNS. The fraction of sp³-hybridized carbons (Fsp3) is 0.714. The van der Waals surface area contributed by atoms with Gasteiger partial charge >= 0.3 is 0 Å². The van der Waals surface area contributed by atoms with Crippen LogP contribution in [-0.4, -0.2) is 6.54 Å².